The number of hydrogen-bond donors (Lipinski definition) is 3. The van der Waals surface area contributed by atoms with Gasteiger partial charge in [-0.25, -0.2) is 0 Å². The van der Waals surface area contributed by atoms with Crippen molar-refractivity contribution in [3.63, 3.8) is 0 Å². The fourth-order valence-electron chi connectivity index (χ4n) is 3.48. The Kier molecular flexibility index (Phi) is 6.38. The van der Waals surface area contributed by atoms with Gasteiger partial charge in [-0.3, -0.25) is 19.2 Å². The highest BCUT2D eigenvalue weighted by Crippen LogP contribution is 2.58. The summed E-state index contributed by atoms with van der Waals surface area (Å²) in [6.07, 6.45) is 0.850. The largest absolute Gasteiger partial charge is 0.484 e. The van der Waals surface area contributed by atoms with Gasteiger partial charge in [-0.1, -0.05) is 13.8 Å². The average Bonchev–Trinajstić information content (AvgIpc) is 2.89. The topological polar surface area (TPSA) is 130 Å². The Morgan fingerprint density at radius 3 is 2.29 bits per heavy atom. The van der Waals surface area contributed by atoms with Crippen LogP contribution in [0.25, 0.3) is 0 Å². The Morgan fingerprint density at radius 1 is 1.21 bits per heavy atom. The minimum Gasteiger partial charge on any atom is -0.484 e. The summed E-state index contributed by atoms with van der Waals surface area (Å²) in [5, 5.41) is 21.2. The number of carbonyl (C=O) groups excluding carboxylic acids is 2. The van der Waals surface area contributed by atoms with Crippen molar-refractivity contribution in [1.29, 1.82) is 0 Å². The number of carboxylic acid groups (broad SMARTS) is 2. The van der Waals surface area contributed by atoms with Crippen LogP contribution < -0.4 is 10.1 Å². The average molecular weight is 409 g/mol. The second-order valence-electron chi connectivity index (χ2n) is 6.87. The quantitative estimate of drug-likeness (QED) is 0.556. The van der Waals surface area contributed by atoms with Crippen molar-refractivity contribution in [3.8, 4) is 5.75 Å². The Bertz CT molecular complexity index is 781. The first-order valence-electron chi connectivity index (χ1n) is 8.73. The van der Waals surface area contributed by atoms with Crippen molar-refractivity contribution in [2.24, 2.45) is 11.3 Å². The number of rotatable bonds is 8. The van der Waals surface area contributed by atoms with Crippen molar-refractivity contribution in [3.05, 3.63) is 29.8 Å². The molecule has 0 saturated carbocycles. The Hall–Kier alpha value is -2.55. The molecule has 1 saturated heterocycles. The van der Waals surface area contributed by atoms with Gasteiger partial charge in [-0.05, 0) is 37.6 Å². The molecule has 1 heterocycles. The van der Waals surface area contributed by atoms with Crippen LogP contribution in [0.3, 0.4) is 0 Å². The van der Waals surface area contributed by atoms with E-state index in [2.05, 4.69) is 5.32 Å². The lowest BCUT2D eigenvalue weighted by Gasteiger charge is -2.34. The molecule has 8 nitrogen and oxygen atoms in total. The summed E-state index contributed by atoms with van der Waals surface area (Å²) < 4.78 is 4.02. The highest BCUT2D eigenvalue weighted by atomic mass is 32.2. The summed E-state index contributed by atoms with van der Waals surface area (Å²) in [5.41, 5.74) is -0.950. The number of aliphatic carboxylic acids is 2. The number of aldehydes is 1. The fraction of sp³-hybridized carbons (Fsp3) is 0.474. The molecule has 0 aromatic heterocycles. The zero-order valence-electron chi connectivity index (χ0n) is 15.8. The van der Waals surface area contributed by atoms with Crippen LogP contribution >= 0.6 is 11.8 Å². The van der Waals surface area contributed by atoms with Gasteiger partial charge in [-0.15, -0.1) is 11.8 Å². The number of amides is 1. The number of nitrogens with one attached hydrogen (secondary N) is 1. The third kappa shape index (κ3) is 3.71. The summed E-state index contributed by atoms with van der Waals surface area (Å²) >= 11 is 0.937. The molecule has 1 fully saturated rings. The van der Waals surface area contributed by atoms with E-state index >= 15 is 0 Å². The molecule has 1 amide bonds. The van der Waals surface area contributed by atoms with Crippen LogP contribution in [0.4, 0.5) is 0 Å². The molecule has 0 radical (unpaired) electrons. The molecule has 4 unspecified atom stereocenters. The van der Waals surface area contributed by atoms with Crippen molar-refractivity contribution in [2.45, 2.75) is 37.3 Å². The van der Waals surface area contributed by atoms with Gasteiger partial charge in [-0.2, -0.15) is 0 Å². The SMILES string of the molecule is CCC1(C(=O)O)C(NC(=O)COc2ccc(C=O)cc2)SC(C)(C(=O)O)C1C. The maximum atomic E-state index is 12.4. The van der Waals surface area contributed by atoms with Gasteiger partial charge in [0.05, 0.1) is 5.37 Å². The first-order valence-corrected chi connectivity index (χ1v) is 9.61. The van der Waals surface area contributed by atoms with Crippen LogP contribution in [0.5, 0.6) is 5.75 Å². The molecule has 0 spiro atoms. The van der Waals surface area contributed by atoms with Gasteiger partial charge in [0.2, 0.25) is 0 Å². The normalized spacial score (nSPS) is 29.1. The fourth-order valence-corrected chi connectivity index (χ4v) is 5.36. The molecular weight excluding hydrogens is 386 g/mol. The minimum atomic E-state index is -1.42. The molecule has 9 heteroatoms. The number of ether oxygens (including phenoxy) is 1. The molecule has 2 rings (SSSR count). The zero-order chi connectivity index (χ0) is 21.1. The summed E-state index contributed by atoms with van der Waals surface area (Å²) in [6, 6.07) is 6.16. The number of thioether (sulfide) groups is 1. The molecule has 1 aromatic carbocycles. The molecule has 28 heavy (non-hydrogen) atoms. The number of benzene rings is 1. The predicted octanol–water partition coefficient (Wildman–Crippen LogP) is 2.03. The maximum absolute atomic E-state index is 12.4. The molecule has 0 bridgehead atoms. The Labute approximate surface area is 166 Å². The second kappa shape index (κ2) is 8.22. The summed E-state index contributed by atoms with van der Waals surface area (Å²) in [6.45, 7) is 4.38. The zero-order valence-corrected chi connectivity index (χ0v) is 16.6. The molecule has 3 N–H and O–H groups in total. The van der Waals surface area contributed by atoms with E-state index in [-0.39, 0.29) is 13.0 Å². The van der Waals surface area contributed by atoms with E-state index in [0.29, 0.717) is 17.6 Å². The van der Waals surface area contributed by atoms with Crippen LogP contribution in [0, 0.1) is 11.3 Å². The number of carbonyl (C=O) groups is 4. The Balaban J connectivity index is 2.14. The molecule has 1 aliphatic rings. The van der Waals surface area contributed by atoms with Gasteiger partial charge >= 0.3 is 11.9 Å². The van der Waals surface area contributed by atoms with E-state index in [1.54, 1.807) is 38.1 Å². The van der Waals surface area contributed by atoms with Gasteiger partial charge in [0.15, 0.2) is 6.61 Å². The summed E-state index contributed by atoms with van der Waals surface area (Å²) in [5.74, 6) is -3.16. The molecule has 0 aliphatic carbocycles. The van der Waals surface area contributed by atoms with Crippen LogP contribution in [0.2, 0.25) is 0 Å². The highest BCUT2D eigenvalue weighted by Gasteiger charge is 2.65. The van der Waals surface area contributed by atoms with Crippen molar-refractivity contribution in [1.82, 2.24) is 5.32 Å². The maximum Gasteiger partial charge on any atom is 0.319 e. The number of carboxylic acids is 2. The van der Waals surface area contributed by atoms with Crippen molar-refractivity contribution >= 4 is 35.9 Å². The van der Waals surface area contributed by atoms with E-state index in [1.807, 2.05) is 0 Å². The second-order valence-corrected chi connectivity index (χ2v) is 8.43. The summed E-state index contributed by atoms with van der Waals surface area (Å²) in [7, 11) is 0. The van der Waals surface area contributed by atoms with Crippen LogP contribution in [-0.2, 0) is 14.4 Å². The Morgan fingerprint density at radius 2 is 1.82 bits per heavy atom. The lowest BCUT2D eigenvalue weighted by atomic mass is 9.68. The lowest BCUT2D eigenvalue weighted by Crippen LogP contribution is -2.52. The molecule has 1 aromatic rings. The van der Waals surface area contributed by atoms with Gasteiger partial charge in [0.25, 0.3) is 5.91 Å². The third-order valence-electron chi connectivity index (χ3n) is 5.52. The smallest absolute Gasteiger partial charge is 0.319 e. The molecule has 4 atom stereocenters. The molecular formula is C19H23NO7S. The standard InChI is InChI=1S/C19H23NO7S/c1-4-19(17(25)26)11(2)18(3,16(23)24)28-15(19)20-14(22)10-27-13-7-5-12(9-21)6-8-13/h5-9,11,15H,4,10H2,1-3H3,(H,20,22)(H,23,24)(H,25,26). The van der Waals surface area contributed by atoms with Crippen molar-refractivity contribution < 1.29 is 34.1 Å². The van der Waals surface area contributed by atoms with E-state index in [4.69, 9.17) is 4.74 Å². The van der Waals surface area contributed by atoms with Crippen LogP contribution in [0.1, 0.15) is 37.6 Å². The van der Waals surface area contributed by atoms with Crippen LogP contribution in [0.15, 0.2) is 24.3 Å². The monoisotopic (exact) mass is 409 g/mol. The van der Waals surface area contributed by atoms with Gasteiger partial charge in [0, 0.05) is 11.5 Å². The lowest BCUT2D eigenvalue weighted by molar-refractivity contribution is -0.155. The molecule has 152 valence electrons. The van der Waals surface area contributed by atoms with E-state index in [1.165, 1.54) is 6.92 Å². The third-order valence-corrected chi connectivity index (χ3v) is 7.31. The summed E-state index contributed by atoms with van der Waals surface area (Å²) in [4.78, 5) is 46.9. The van der Waals surface area contributed by atoms with E-state index < -0.39 is 39.3 Å². The van der Waals surface area contributed by atoms with Crippen molar-refractivity contribution in [2.75, 3.05) is 6.61 Å². The number of hydrogen-bond acceptors (Lipinski definition) is 6. The van der Waals surface area contributed by atoms with E-state index in [9.17, 15) is 29.4 Å². The van der Waals surface area contributed by atoms with Gasteiger partial charge in [0.1, 0.15) is 22.2 Å². The first kappa shape index (κ1) is 21.7. The molecule has 1 aliphatic heterocycles. The minimum absolute atomic E-state index is 0.165. The first-order chi connectivity index (χ1) is 13.1. The highest BCUT2D eigenvalue weighted by molar-refractivity contribution is 8.02. The van der Waals surface area contributed by atoms with Gasteiger partial charge < -0.3 is 20.3 Å². The predicted molar refractivity (Wildman–Crippen MR) is 102 cm³/mol. The van der Waals surface area contributed by atoms with Crippen LogP contribution in [-0.4, -0.2) is 51.1 Å². The van der Waals surface area contributed by atoms with E-state index in [0.717, 1.165) is 11.8 Å².